The van der Waals surface area contributed by atoms with Crippen LogP contribution in [0.15, 0.2) is 84.9 Å². The second kappa shape index (κ2) is 7.94. The molecular formula is C30H30NO+. The Balaban J connectivity index is 1.91. The van der Waals surface area contributed by atoms with Crippen molar-refractivity contribution >= 4 is 0 Å². The maximum Gasteiger partial charge on any atom is 0.222 e. The van der Waals surface area contributed by atoms with Crippen LogP contribution in [0, 0.1) is 0 Å². The van der Waals surface area contributed by atoms with Gasteiger partial charge in [0.15, 0.2) is 5.69 Å². The van der Waals surface area contributed by atoms with Crippen LogP contribution < -0.4 is 9.30 Å². The van der Waals surface area contributed by atoms with E-state index in [9.17, 15) is 0 Å². The van der Waals surface area contributed by atoms with Gasteiger partial charge in [-0.05, 0) is 47.7 Å². The number of methoxy groups -OCH3 is 1. The number of ether oxygens (including phenoxy) is 1. The van der Waals surface area contributed by atoms with Crippen molar-refractivity contribution in [3.05, 3.63) is 102 Å². The molecular weight excluding hydrogens is 390 g/mol. The molecule has 4 aromatic rings. The van der Waals surface area contributed by atoms with Crippen molar-refractivity contribution in [1.29, 1.82) is 0 Å². The summed E-state index contributed by atoms with van der Waals surface area (Å²) in [5.74, 6) is 0.877. The van der Waals surface area contributed by atoms with E-state index in [-0.39, 0.29) is 5.41 Å². The van der Waals surface area contributed by atoms with Crippen molar-refractivity contribution in [2.75, 3.05) is 7.11 Å². The minimum Gasteiger partial charge on any atom is -0.497 e. The topological polar surface area (TPSA) is 13.1 Å². The first kappa shape index (κ1) is 20.5. The number of aromatic nitrogens is 1. The van der Waals surface area contributed by atoms with Gasteiger partial charge in [0.1, 0.15) is 5.75 Å². The zero-order chi connectivity index (χ0) is 22.3. The highest BCUT2D eigenvalue weighted by molar-refractivity contribution is 5.78. The first-order chi connectivity index (χ1) is 15.5. The molecule has 1 aliphatic rings. The van der Waals surface area contributed by atoms with Crippen LogP contribution in [0.3, 0.4) is 0 Å². The van der Waals surface area contributed by atoms with Gasteiger partial charge in [-0.15, -0.1) is 0 Å². The molecule has 3 aromatic carbocycles. The monoisotopic (exact) mass is 420 g/mol. The third-order valence-electron chi connectivity index (χ3n) is 6.46. The van der Waals surface area contributed by atoms with E-state index < -0.39 is 0 Å². The first-order valence-corrected chi connectivity index (χ1v) is 11.4. The summed E-state index contributed by atoms with van der Waals surface area (Å²) in [6.07, 6.45) is 2.11. The van der Waals surface area contributed by atoms with Crippen LogP contribution in [-0.4, -0.2) is 7.11 Å². The third kappa shape index (κ3) is 3.50. The predicted octanol–water partition coefficient (Wildman–Crippen LogP) is 6.70. The van der Waals surface area contributed by atoms with Crippen molar-refractivity contribution in [3.8, 4) is 33.8 Å². The Bertz CT molecular complexity index is 1260. The average Bonchev–Trinajstić information content (AvgIpc) is 2.83. The van der Waals surface area contributed by atoms with Crippen molar-refractivity contribution < 1.29 is 9.30 Å². The molecule has 32 heavy (non-hydrogen) atoms. The highest BCUT2D eigenvalue weighted by Gasteiger charge is 2.36. The lowest BCUT2D eigenvalue weighted by molar-refractivity contribution is -0.597. The number of pyridine rings is 1. The summed E-state index contributed by atoms with van der Waals surface area (Å²) in [5, 5.41) is 0. The standard InChI is InChI=1S/C30H30NO/c1-30(2,3)28-20-27(21-10-6-5-7-11-21)26-19-14-22-12-8-9-13-25(22)29(26)31(28)23-15-17-24(32-4)18-16-23/h5-13,15-18,20H,14,19H2,1-4H3/q+1. The van der Waals surface area contributed by atoms with Gasteiger partial charge in [0.2, 0.25) is 11.4 Å². The molecule has 0 saturated carbocycles. The van der Waals surface area contributed by atoms with E-state index in [1.165, 1.54) is 44.9 Å². The Hall–Kier alpha value is -3.39. The summed E-state index contributed by atoms with van der Waals surface area (Å²) in [6, 6.07) is 30.6. The SMILES string of the molecule is COc1ccc(-[n+]2c(C(C)(C)C)cc(-c3ccccc3)c3c2-c2ccccc2CC3)cc1. The molecule has 2 nitrogen and oxygen atoms in total. The first-order valence-electron chi connectivity index (χ1n) is 11.4. The molecule has 5 rings (SSSR count). The Morgan fingerprint density at radius 3 is 2.12 bits per heavy atom. The van der Waals surface area contributed by atoms with Crippen LogP contribution in [0.1, 0.15) is 37.6 Å². The zero-order valence-electron chi connectivity index (χ0n) is 19.4. The predicted molar refractivity (Wildman–Crippen MR) is 132 cm³/mol. The highest BCUT2D eigenvalue weighted by Crippen LogP contribution is 2.40. The number of nitrogens with zero attached hydrogens (tertiary/aromatic N) is 1. The van der Waals surface area contributed by atoms with Gasteiger partial charge >= 0.3 is 0 Å². The Labute approximate surface area is 191 Å². The molecule has 0 spiro atoms. The summed E-state index contributed by atoms with van der Waals surface area (Å²) in [4.78, 5) is 0. The molecule has 2 heteroatoms. The van der Waals surface area contributed by atoms with Gasteiger partial charge in [-0.1, -0.05) is 69.3 Å². The number of hydrogen-bond donors (Lipinski definition) is 0. The van der Waals surface area contributed by atoms with Gasteiger partial charge in [-0.2, -0.15) is 4.57 Å². The quantitative estimate of drug-likeness (QED) is 0.336. The fourth-order valence-electron chi connectivity index (χ4n) is 4.86. The van der Waals surface area contributed by atoms with E-state index in [1.807, 2.05) is 0 Å². The lowest BCUT2D eigenvalue weighted by Crippen LogP contribution is -2.45. The summed E-state index contributed by atoms with van der Waals surface area (Å²) < 4.78 is 7.92. The molecule has 0 N–H and O–H groups in total. The van der Waals surface area contributed by atoms with Gasteiger partial charge in [-0.25, -0.2) is 0 Å². The van der Waals surface area contributed by atoms with Crippen molar-refractivity contribution in [3.63, 3.8) is 0 Å². The molecule has 1 aliphatic carbocycles. The molecule has 0 atom stereocenters. The second-order valence-electron chi connectivity index (χ2n) is 9.58. The second-order valence-corrected chi connectivity index (χ2v) is 9.58. The van der Waals surface area contributed by atoms with Crippen LogP contribution in [0.2, 0.25) is 0 Å². The molecule has 0 unspecified atom stereocenters. The lowest BCUT2D eigenvalue weighted by atomic mass is 9.81. The van der Waals surface area contributed by atoms with Crippen LogP contribution >= 0.6 is 0 Å². The lowest BCUT2D eigenvalue weighted by Gasteiger charge is -2.26. The van der Waals surface area contributed by atoms with Crippen molar-refractivity contribution in [2.24, 2.45) is 0 Å². The van der Waals surface area contributed by atoms with E-state index in [0.29, 0.717) is 0 Å². The van der Waals surface area contributed by atoms with Crippen molar-refractivity contribution in [2.45, 2.75) is 39.0 Å². The van der Waals surface area contributed by atoms with Crippen molar-refractivity contribution in [1.82, 2.24) is 0 Å². The van der Waals surface area contributed by atoms with Gasteiger partial charge in [0.05, 0.1) is 12.7 Å². The fraction of sp³-hybridized carbons (Fsp3) is 0.233. The minimum absolute atomic E-state index is 0.0368. The number of aryl methyl sites for hydroxylation is 1. The molecule has 1 aromatic heterocycles. The number of fused-ring (bicyclic) bond motifs is 3. The highest BCUT2D eigenvalue weighted by atomic mass is 16.5. The maximum atomic E-state index is 5.44. The maximum absolute atomic E-state index is 5.44. The Morgan fingerprint density at radius 1 is 0.750 bits per heavy atom. The summed E-state index contributed by atoms with van der Waals surface area (Å²) in [7, 11) is 1.72. The van der Waals surface area contributed by atoms with Crippen LogP contribution in [0.5, 0.6) is 5.75 Å². The van der Waals surface area contributed by atoms with Crippen LogP contribution in [0.25, 0.3) is 28.1 Å². The molecule has 0 radical (unpaired) electrons. The molecule has 0 amide bonds. The summed E-state index contributed by atoms with van der Waals surface area (Å²) >= 11 is 0. The van der Waals surface area contributed by atoms with E-state index >= 15 is 0 Å². The Morgan fingerprint density at radius 2 is 1.44 bits per heavy atom. The Kier molecular flexibility index (Phi) is 5.09. The van der Waals surface area contributed by atoms with Crippen LogP contribution in [-0.2, 0) is 18.3 Å². The van der Waals surface area contributed by atoms with Gasteiger partial charge in [-0.3, -0.25) is 0 Å². The normalized spacial score (nSPS) is 12.8. The van der Waals surface area contributed by atoms with E-state index in [4.69, 9.17) is 4.74 Å². The van der Waals surface area contributed by atoms with Gasteiger partial charge in [0.25, 0.3) is 0 Å². The number of hydrogen-bond acceptors (Lipinski definition) is 1. The average molecular weight is 421 g/mol. The van der Waals surface area contributed by atoms with E-state index in [0.717, 1.165) is 18.6 Å². The van der Waals surface area contributed by atoms with E-state index in [2.05, 4.69) is 110 Å². The molecule has 0 saturated heterocycles. The smallest absolute Gasteiger partial charge is 0.222 e. The largest absolute Gasteiger partial charge is 0.497 e. The summed E-state index contributed by atoms with van der Waals surface area (Å²) in [5.41, 5.74) is 10.6. The molecule has 0 aliphatic heterocycles. The molecule has 1 heterocycles. The third-order valence-corrected chi connectivity index (χ3v) is 6.46. The summed E-state index contributed by atoms with van der Waals surface area (Å²) in [6.45, 7) is 6.91. The van der Waals surface area contributed by atoms with Gasteiger partial charge in [0, 0.05) is 29.2 Å². The van der Waals surface area contributed by atoms with Crippen LogP contribution in [0.4, 0.5) is 0 Å². The molecule has 160 valence electrons. The zero-order valence-corrected chi connectivity index (χ0v) is 19.4. The molecule has 0 bridgehead atoms. The van der Waals surface area contributed by atoms with Gasteiger partial charge < -0.3 is 4.74 Å². The fourth-order valence-corrected chi connectivity index (χ4v) is 4.86. The number of benzene rings is 3. The minimum atomic E-state index is -0.0368. The molecule has 0 fully saturated rings. The number of rotatable bonds is 3. The van der Waals surface area contributed by atoms with E-state index in [1.54, 1.807) is 7.11 Å².